The van der Waals surface area contributed by atoms with E-state index in [0.717, 1.165) is 51.7 Å². The molecule has 184 valence electrons. The van der Waals surface area contributed by atoms with Crippen LogP contribution in [0.3, 0.4) is 0 Å². The second-order valence-corrected chi connectivity index (χ2v) is 10.6. The lowest BCUT2D eigenvalue weighted by Gasteiger charge is -2.22. The predicted molar refractivity (Wildman–Crippen MR) is 154 cm³/mol. The van der Waals surface area contributed by atoms with Crippen LogP contribution in [0, 0.1) is 0 Å². The van der Waals surface area contributed by atoms with E-state index in [4.69, 9.17) is 15.0 Å². The molecule has 0 spiro atoms. The quantitative estimate of drug-likeness (QED) is 0.276. The Morgan fingerprint density at radius 3 is 2.18 bits per heavy atom. The molecule has 0 unspecified atom stereocenters. The fraction of sp³-hybridized carbons (Fsp3) is 0.147. The summed E-state index contributed by atoms with van der Waals surface area (Å²) >= 11 is 0. The first-order valence-electron chi connectivity index (χ1n) is 13.1. The van der Waals surface area contributed by atoms with Crippen molar-refractivity contribution >= 4 is 16.3 Å². The summed E-state index contributed by atoms with van der Waals surface area (Å²) in [5.41, 5.74) is 7.53. The minimum absolute atomic E-state index is 0.281. The maximum atomic E-state index is 10.8. The van der Waals surface area contributed by atoms with E-state index in [-0.39, 0.29) is 5.41 Å². The second kappa shape index (κ2) is 8.49. The Labute approximate surface area is 222 Å². The van der Waals surface area contributed by atoms with E-state index in [9.17, 15) is 5.11 Å². The first-order chi connectivity index (χ1) is 18.5. The molecule has 0 saturated carbocycles. The highest BCUT2D eigenvalue weighted by atomic mass is 16.3. The summed E-state index contributed by atoms with van der Waals surface area (Å²) in [6, 6.07) is 26.7. The van der Waals surface area contributed by atoms with Gasteiger partial charge in [-0.25, -0.2) is 15.0 Å². The number of rotatable bonds is 3. The number of nitrogens with zero attached hydrogens (tertiary/aromatic N) is 3. The van der Waals surface area contributed by atoms with Gasteiger partial charge >= 0.3 is 0 Å². The van der Waals surface area contributed by atoms with Crippen LogP contribution in [0.25, 0.3) is 50.2 Å². The summed E-state index contributed by atoms with van der Waals surface area (Å²) in [5, 5.41) is 12.8. The van der Waals surface area contributed by atoms with Gasteiger partial charge in [0, 0.05) is 21.9 Å². The summed E-state index contributed by atoms with van der Waals surface area (Å²) in [6.07, 6.45) is 8.26. The number of phenolic OH excluding ortho intramolecular Hbond substituents is 1. The molecule has 0 radical (unpaired) electrons. The Balaban J connectivity index is 1.42. The van der Waals surface area contributed by atoms with Crippen LogP contribution in [0.4, 0.5) is 0 Å². The number of fused-ring (bicyclic) bond motifs is 5. The lowest BCUT2D eigenvalue weighted by atomic mass is 9.81. The van der Waals surface area contributed by atoms with Crippen LogP contribution in [-0.2, 0) is 5.41 Å². The Morgan fingerprint density at radius 2 is 1.42 bits per heavy atom. The molecule has 2 aliphatic carbocycles. The fourth-order valence-corrected chi connectivity index (χ4v) is 5.86. The third-order valence-corrected chi connectivity index (χ3v) is 7.88. The van der Waals surface area contributed by atoms with Crippen molar-refractivity contribution in [2.45, 2.75) is 32.1 Å². The smallest absolute Gasteiger partial charge is 0.164 e. The zero-order valence-electron chi connectivity index (χ0n) is 21.4. The van der Waals surface area contributed by atoms with Crippen molar-refractivity contribution in [3.8, 4) is 39.7 Å². The molecule has 4 aromatic carbocycles. The van der Waals surface area contributed by atoms with Crippen LogP contribution in [0.15, 0.2) is 97.1 Å². The summed E-state index contributed by atoms with van der Waals surface area (Å²) in [5.74, 6) is 2.41. The van der Waals surface area contributed by atoms with Gasteiger partial charge in [-0.3, -0.25) is 0 Å². The van der Waals surface area contributed by atoms with Crippen molar-refractivity contribution in [1.82, 2.24) is 15.0 Å². The molecule has 2 aliphatic rings. The van der Waals surface area contributed by atoms with Crippen molar-refractivity contribution in [3.63, 3.8) is 0 Å². The first kappa shape index (κ1) is 22.6. The second-order valence-electron chi connectivity index (χ2n) is 10.6. The maximum Gasteiger partial charge on any atom is 0.164 e. The molecule has 7 rings (SSSR count). The molecule has 0 bridgehead atoms. The number of hydrogen-bond donors (Lipinski definition) is 1. The number of allylic oxidation sites excluding steroid dienone is 4. The maximum absolute atomic E-state index is 10.8. The van der Waals surface area contributed by atoms with Crippen LogP contribution >= 0.6 is 0 Å². The van der Waals surface area contributed by atoms with E-state index in [1.54, 1.807) is 0 Å². The largest absolute Gasteiger partial charge is 0.507 e. The standard InChI is InChI=1S/C34H27N3O/c1-34(2)27-19-23(17-18-26(27)30-25-16-10-9-15-24(25)29(38)20-28(30)34)33-36-31(21-11-5-3-6-12-21)35-32(37-33)22-13-7-4-8-14-22/h3-7,9-13,15-20,38H,8,14H2,1-2H3. The van der Waals surface area contributed by atoms with E-state index >= 15 is 0 Å². The predicted octanol–water partition coefficient (Wildman–Crippen LogP) is 8.10. The molecule has 38 heavy (non-hydrogen) atoms. The Kier molecular flexibility index (Phi) is 5.05. The van der Waals surface area contributed by atoms with Crippen molar-refractivity contribution in [2.24, 2.45) is 0 Å². The minimum Gasteiger partial charge on any atom is -0.507 e. The lowest BCUT2D eigenvalue weighted by Crippen LogP contribution is -2.15. The van der Waals surface area contributed by atoms with Crippen LogP contribution in [0.2, 0.25) is 0 Å². The van der Waals surface area contributed by atoms with Gasteiger partial charge in [0.2, 0.25) is 0 Å². The normalized spacial score (nSPS) is 15.3. The molecule has 5 aromatic rings. The molecule has 0 amide bonds. The van der Waals surface area contributed by atoms with Crippen molar-refractivity contribution < 1.29 is 5.11 Å². The van der Waals surface area contributed by atoms with Gasteiger partial charge in [0.1, 0.15) is 5.75 Å². The number of aromatic nitrogens is 3. The SMILES string of the molecule is CC1(C)c2cc(-c3nc(C4=CC=CCC4)nc(-c4ccccc4)n3)ccc2-c2c1cc(O)c1ccccc21. The molecule has 0 aliphatic heterocycles. The average Bonchev–Trinajstić information content (AvgIpc) is 3.19. The Morgan fingerprint density at radius 1 is 0.711 bits per heavy atom. The van der Waals surface area contributed by atoms with E-state index < -0.39 is 0 Å². The zero-order valence-corrected chi connectivity index (χ0v) is 21.4. The summed E-state index contributed by atoms with van der Waals surface area (Å²) in [4.78, 5) is 14.8. The number of phenols is 1. The van der Waals surface area contributed by atoms with E-state index in [1.807, 2.05) is 54.6 Å². The molecule has 1 aromatic heterocycles. The molecular weight excluding hydrogens is 466 g/mol. The molecule has 1 N–H and O–H groups in total. The zero-order chi connectivity index (χ0) is 25.9. The molecule has 0 atom stereocenters. The Bertz CT molecular complexity index is 1800. The summed E-state index contributed by atoms with van der Waals surface area (Å²) in [7, 11) is 0. The van der Waals surface area contributed by atoms with E-state index in [2.05, 4.69) is 56.3 Å². The van der Waals surface area contributed by atoms with Crippen LogP contribution in [-0.4, -0.2) is 20.1 Å². The van der Waals surface area contributed by atoms with Gasteiger partial charge in [-0.2, -0.15) is 0 Å². The highest BCUT2D eigenvalue weighted by Gasteiger charge is 2.37. The van der Waals surface area contributed by atoms with Gasteiger partial charge in [-0.1, -0.05) is 98.8 Å². The molecule has 4 nitrogen and oxygen atoms in total. The van der Waals surface area contributed by atoms with Gasteiger partial charge in [-0.15, -0.1) is 0 Å². The molecule has 0 saturated heterocycles. The highest BCUT2D eigenvalue weighted by molar-refractivity contribution is 6.05. The molecule has 4 heteroatoms. The minimum atomic E-state index is -0.281. The lowest BCUT2D eigenvalue weighted by molar-refractivity contribution is 0.479. The highest BCUT2D eigenvalue weighted by Crippen LogP contribution is 2.53. The molecule has 1 heterocycles. The van der Waals surface area contributed by atoms with Gasteiger partial charge in [0.05, 0.1) is 0 Å². The van der Waals surface area contributed by atoms with Crippen molar-refractivity contribution in [2.75, 3.05) is 0 Å². The summed E-state index contributed by atoms with van der Waals surface area (Å²) < 4.78 is 0. The van der Waals surface area contributed by atoms with E-state index in [1.165, 1.54) is 16.7 Å². The van der Waals surface area contributed by atoms with Gasteiger partial charge in [0.15, 0.2) is 17.5 Å². The monoisotopic (exact) mass is 493 g/mol. The molecule has 0 fully saturated rings. The van der Waals surface area contributed by atoms with Crippen LogP contribution < -0.4 is 0 Å². The van der Waals surface area contributed by atoms with E-state index in [0.29, 0.717) is 17.4 Å². The summed E-state index contributed by atoms with van der Waals surface area (Å²) in [6.45, 7) is 4.45. The number of benzene rings is 4. The van der Waals surface area contributed by atoms with Gasteiger partial charge in [-0.05, 0) is 58.2 Å². The van der Waals surface area contributed by atoms with Crippen LogP contribution in [0.5, 0.6) is 5.75 Å². The average molecular weight is 494 g/mol. The number of hydrogen-bond acceptors (Lipinski definition) is 4. The van der Waals surface area contributed by atoms with Crippen molar-refractivity contribution in [3.05, 3.63) is 114 Å². The first-order valence-corrected chi connectivity index (χ1v) is 13.1. The van der Waals surface area contributed by atoms with Gasteiger partial charge < -0.3 is 5.11 Å². The molecular formula is C34H27N3O. The fourth-order valence-electron chi connectivity index (χ4n) is 5.86. The number of aromatic hydroxyl groups is 1. The van der Waals surface area contributed by atoms with Crippen molar-refractivity contribution in [1.29, 1.82) is 0 Å². The third-order valence-electron chi connectivity index (χ3n) is 7.88. The van der Waals surface area contributed by atoms with Crippen LogP contribution in [0.1, 0.15) is 43.6 Å². The third kappa shape index (κ3) is 3.48. The topological polar surface area (TPSA) is 58.9 Å². The van der Waals surface area contributed by atoms with Gasteiger partial charge in [0.25, 0.3) is 0 Å². The Hall–Kier alpha value is -4.57.